The van der Waals surface area contributed by atoms with Gasteiger partial charge >= 0.3 is 0 Å². The molecule has 0 spiro atoms. The number of pyridine rings is 1. The number of aromatic nitrogens is 3. The maximum absolute atomic E-state index is 5.51. The molecule has 0 aliphatic heterocycles. The number of anilines is 1. The summed E-state index contributed by atoms with van der Waals surface area (Å²) in [6, 6.07) is 3.72. The van der Waals surface area contributed by atoms with Crippen molar-refractivity contribution in [3.63, 3.8) is 0 Å². The highest BCUT2D eigenvalue weighted by atomic mass is 32.1. The normalized spacial score (nSPS) is 10.3. The summed E-state index contributed by atoms with van der Waals surface area (Å²) >= 11 is 4.87. The molecule has 0 unspecified atom stereocenters. The van der Waals surface area contributed by atoms with Crippen LogP contribution in [-0.2, 0) is 13.6 Å². The molecule has 94 valence electrons. The van der Waals surface area contributed by atoms with Crippen LogP contribution in [0.2, 0.25) is 0 Å². The average Bonchev–Trinajstić information content (AvgIpc) is 2.66. The van der Waals surface area contributed by atoms with Gasteiger partial charge in [0.05, 0.1) is 5.69 Å². The van der Waals surface area contributed by atoms with Gasteiger partial charge in [0.1, 0.15) is 10.8 Å². The molecule has 0 bridgehead atoms. The second-order valence-corrected chi connectivity index (χ2v) is 4.50. The monoisotopic (exact) mass is 261 g/mol. The predicted molar refractivity (Wildman–Crippen MR) is 75.4 cm³/mol. The molecule has 2 aromatic rings. The van der Waals surface area contributed by atoms with Crippen molar-refractivity contribution in [1.29, 1.82) is 0 Å². The summed E-state index contributed by atoms with van der Waals surface area (Å²) in [6.07, 6.45) is 3.66. The van der Waals surface area contributed by atoms with E-state index >= 15 is 0 Å². The first-order chi connectivity index (χ1) is 8.56. The molecule has 0 fully saturated rings. The molecule has 0 atom stereocenters. The van der Waals surface area contributed by atoms with Gasteiger partial charge in [-0.25, -0.2) is 4.98 Å². The van der Waals surface area contributed by atoms with Gasteiger partial charge in [0.2, 0.25) is 0 Å². The lowest BCUT2D eigenvalue weighted by molar-refractivity contribution is 0.756. The van der Waals surface area contributed by atoms with Crippen molar-refractivity contribution in [2.75, 3.05) is 5.32 Å². The van der Waals surface area contributed by atoms with Crippen LogP contribution in [0, 0.1) is 6.92 Å². The van der Waals surface area contributed by atoms with Crippen LogP contribution >= 0.6 is 12.2 Å². The van der Waals surface area contributed by atoms with E-state index in [1.54, 1.807) is 10.9 Å². The lowest BCUT2D eigenvalue weighted by Gasteiger charge is -2.05. The smallest absolute Gasteiger partial charge is 0.126 e. The van der Waals surface area contributed by atoms with Crippen molar-refractivity contribution in [1.82, 2.24) is 14.8 Å². The summed E-state index contributed by atoms with van der Waals surface area (Å²) in [6.45, 7) is 2.68. The van der Waals surface area contributed by atoms with Crippen molar-refractivity contribution in [2.45, 2.75) is 13.5 Å². The Bertz CT molecular complexity index is 558. The maximum Gasteiger partial charge on any atom is 0.126 e. The number of hydrogen-bond donors (Lipinski definition) is 2. The number of nitrogens with one attached hydrogen (secondary N) is 1. The Labute approximate surface area is 111 Å². The lowest BCUT2D eigenvalue weighted by Crippen LogP contribution is -2.10. The highest BCUT2D eigenvalue weighted by molar-refractivity contribution is 7.80. The first-order valence-electron chi connectivity index (χ1n) is 5.55. The fraction of sp³-hybridized carbons (Fsp3) is 0.250. The van der Waals surface area contributed by atoms with Crippen molar-refractivity contribution in [3.8, 4) is 0 Å². The molecule has 0 saturated carbocycles. The SMILES string of the molecule is Cc1nn(C)cc1CNc1ccc(C(N)=S)cn1. The molecule has 0 aliphatic rings. The summed E-state index contributed by atoms with van der Waals surface area (Å²) in [5, 5.41) is 7.52. The number of thiocarbonyl (C=S) groups is 1. The van der Waals surface area contributed by atoms with E-state index in [9.17, 15) is 0 Å². The zero-order valence-electron chi connectivity index (χ0n) is 10.3. The largest absolute Gasteiger partial charge is 0.389 e. The van der Waals surface area contributed by atoms with Crippen molar-refractivity contribution in [2.24, 2.45) is 12.8 Å². The van der Waals surface area contributed by atoms with E-state index in [0.29, 0.717) is 11.5 Å². The van der Waals surface area contributed by atoms with Gasteiger partial charge in [-0.1, -0.05) is 12.2 Å². The van der Waals surface area contributed by atoms with Gasteiger partial charge in [-0.15, -0.1) is 0 Å². The quantitative estimate of drug-likeness (QED) is 0.814. The Balaban J connectivity index is 2.02. The Hall–Kier alpha value is -1.95. The van der Waals surface area contributed by atoms with E-state index in [2.05, 4.69) is 15.4 Å². The zero-order valence-corrected chi connectivity index (χ0v) is 11.2. The summed E-state index contributed by atoms with van der Waals surface area (Å²) in [5.41, 5.74) is 8.45. The van der Waals surface area contributed by atoms with Crippen molar-refractivity contribution < 1.29 is 0 Å². The van der Waals surface area contributed by atoms with Crippen LogP contribution in [0.3, 0.4) is 0 Å². The molecule has 2 rings (SSSR count). The highest BCUT2D eigenvalue weighted by Gasteiger charge is 2.03. The van der Waals surface area contributed by atoms with E-state index in [1.807, 2.05) is 32.3 Å². The Morgan fingerprint density at radius 2 is 2.28 bits per heavy atom. The van der Waals surface area contributed by atoms with Gasteiger partial charge in [-0.05, 0) is 19.1 Å². The van der Waals surface area contributed by atoms with Crippen molar-refractivity contribution in [3.05, 3.63) is 41.3 Å². The molecular formula is C12H15N5S. The minimum atomic E-state index is 0.358. The van der Waals surface area contributed by atoms with Crippen LogP contribution in [0.1, 0.15) is 16.8 Å². The molecular weight excluding hydrogens is 246 g/mol. The van der Waals surface area contributed by atoms with Gasteiger partial charge in [-0.2, -0.15) is 5.10 Å². The number of aryl methyl sites for hydroxylation is 2. The van der Waals surface area contributed by atoms with Crippen LogP contribution < -0.4 is 11.1 Å². The second-order valence-electron chi connectivity index (χ2n) is 4.06. The molecule has 0 aliphatic carbocycles. The second kappa shape index (κ2) is 5.14. The third-order valence-corrected chi connectivity index (χ3v) is 2.86. The van der Waals surface area contributed by atoms with Gasteiger partial charge in [-0.3, -0.25) is 4.68 Å². The topological polar surface area (TPSA) is 68.8 Å². The zero-order chi connectivity index (χ0) is 13.1. The molecule has 2 heterocycles. The lowest BCUT2D eigenvalue weighted by atomic mass is 10.2. The van der Waals surface area contributed by atoms with Gasteiger partial charge in [0.25, 0.3) is 0 Å². The van der Waals surface area contributed by atoms with E-state index < -0.39 is 0 Å². The number of nitrogens with two attached hydrogens (primary N) is 1. The Kier molecular flexibility index (Phi) is 3.57. The minimum absolute atomic E-state index is 0.358. The van der Waals surface area contributed by atoms with Gasteiger partial charge in [0, 0.05) is 37.1 Å². The fourth-order valence-electron chi connectivity index (χ4n) is 1.65. The van der Waals surface area contributed by atoms with Crippen LogP contribution in [0.4, 0.5) is 5.82 Å². The van der Waals surface area contributed by atoms with E-state index in [0.717, 1.165) is 22.6 Å². The standard InChI is InChI=1S/C12H15N5S/c1-8-10(7-17(2)16-8)6-15-11-4-3-9(5-14-11)12(13)18/h3-5,7H,6H2,1-2H3,(H2,13,18)(H,14,15). The predicted octanol–water partition coefficient (Wildman–Crippen LogP) is 1.37. The molecule has 0 radical (unpaired) electrons. The number of nitrogens with zero attached hydrogens (tertiary/aromatic N) is 3. The summed E-state index contributed by atoms with van der Waals surface area (Å²) in [5.74, 6) is 0.790. The van der Waals surface area contributed by atoms with Crippen LogP contribution in [-0.4, -0.2) is 19.8 Å². The molecule has 0 amide bonds. The van der Waals surface area contributed by atoms with Crippen LogP contribution in [0.5, 0.6) is 0 Å². The molecule has 3 N–H and O–H groups in total. The van der Waals surface area contributed by atoms with Crippen molar-refractivity contribution >= 4 is 23.0 Å². The van der Waals surface area contributed by atoms with Gasteiger partial charge in [0.15, 0.2) is 0 Å². The first-order valence-corrected chi connectivity index (χ1v) is 5.96. The summed E-state index contributed by atoms with van der Waals surface area (Å²) in [7, 11) is 1.91. The van der Waals surface area contributed by atoms with E-state index in [1.165, 1.54) is 0 Å². The third kappa shape index (κ3) is 2.84. The maximum atomic E-state index is 5.51. The van der Waals surface area contributed by atoms with Gasteiger partial charge < -0.3 is 11.1 Å². The average molecular weight is 261 g/mol. The summed E-state index contributed by atoms with van der Waals surface area (Å²) in [4.78, 5) is 4.60. The highest BCUT2D eigenvalue weighted by Crippen LogP contribution is 2.09. The molecule has 0 saturated heterocycles. The van der Waals surface area contributed by atoms with Crippen LogP contribution in [0.15, 0.2) is 24.5 Å². The molecule has 5 nitrogen and oxygen atoms in total. The third-order valence-electron chi connectivity index (χ3n) is 2.62. The van der Waals surface area contributed by atoms with E-state index in [4.69, 9.17) is 18.0 Å². The van der Waals surface area contributed by atoms with E-state index in [-0.39, 0.29) is 0 Å². The fourth-order valence-corrected chi connectivity index (χ4v) is 1.77. The molecule has 0 aromatic carbocycles. The molecule has 18 heavy (non-hydrogen) atoms. The first kappa shape index (κ1) is 12.5. The van der Waals surface area contributed by atoms with Crippen LogP contribution in [0.25, 0.3) is 0 Å². The molecule has 6 heteroatoms. The Morgan fingerprint density at radius 1 is 1.50 bits per heavy atom. The number of rotatable bonds is 4. The minimum Gasteiger partial charge on any atom is -0.389 e. The number of hydrogen-bond acceptors (Lipinski definition) is 4. The summed E-state index contributed by atoms with van der Waals surface area (Å²) < 4.78 is 1.80. The molecule has 2 aromatic heterocycles. The Morgan fingerprint density at radius 3 is 2.78 bits per heavy atom.